The number of nitrogens with zero attached hydrogens (tertiary/aromatic N) is 2. The van der Waals surface area contributed by atoms with Gasteiger partial charge in [0, 0.05) is 19.2 Å². The minimum Gasteiger partial charge on any atom is -0.339 e. The maximum absolute atomic E-state index is 11.9. The van der Waals surface area contributed by atoms with Gasteiger partial charge in [0.2, 0.25) is 0 Å². The molecule has 1 heterocycles. The Balaban J connectivity index is 3.01. The van der Waals surface area contributed by atoms with Crippen molar-refractivity contribution in [2.75, 3.05) is 13.1 Å². The highest BCUT2D eigenvalue weighted by atomic mass is 35.5. The molecule has 0 radical (unpaired) electrons. The summed E-state index contributed by atoms with van der Waals surface area (Å²) in [5.41, 5.74) is -0.206. The van der Waals surface area contributed by atoms with E-state index in [0.29, 0.717) is 18.0 Å². The molecule has 88 valence electrons. The van der Waals surface area contributed by atoms with Gasteiger partial charge >= 0.3 is 0 Å². The molecule has 1 rings (SSSR count). The molecule has 0 aliphatic rings. The topological polar surface area (TPSA) is 63.5 Å². The maximum Gasteiger partial charge on any atom is 0.299 e. The molecule has 0 aliphatic carbocycles. The third kappa shape index (κ3) is 2.51. The van der Waals surface area contributed by atoms with Crippen LogP contribution < -0.4 is 0 Å². The normalized spacial score (nSPS) is 10.2. The lowest BCUT2D eigenvalue weighted by Gasteiger charge is -2.16. The van der Waals surface area contributed by atoms with Gasteiger partial charge < -0.3 is 4.90 Å². The number of hydrogen-bond donors (Lipinski definition) is 0. The molecule has 0 atom stereocenters. The van der Waals surface area contributed by atoms with Crippen molar-refractivity contribution in [3.05, 3.63) is 25.4 Å². The fraction of sp³-hybridized carbons (Fsp3) is 0.444. The Kier molecular flexibility index (Phi) is 4.26. The molecule has 1 aromatic rings. The van der Waals surface area contributed by atoms with Gasteiger partial charge in [-0.1, -0.05) is 11.6 Å². The number of amides is 1. The molecule has 0 saturated heterocycles. The molecule has 0 unspecified atom stereocenters. The van der Waals surface area contributed by atoms with Crippen LogP contribution in [0.25, 0.3) is 0 Å². The van der Waals surface area contributed by atoms with Crippen molar-refractivity contribution in [3.63, 3.8) is 0 Å². The molecular formula is C9H11ClN2O3S. The minimum absolute atomic E-state index is 0.0421. The first kappa shape index (κ1) is 12.9. The number of hydrogen-bond acceptors (Lipinski definition) is 4. The van der Waals surface area contributed by atoms with Crippen molar-refractivity contribution in [3.8, 4) is 0 Å². The maximum atomic E-state index is 11.9. The highest BCUT2D eigenvalue weighted by Crippen LogP contribution is 2.34. The summed E-state index contributed by atoms with van der Waals surface area (Å²) >= 11 is 6.62. The lowest BCUT2D eigenvalue weighted by atomic mass is 10.3. The smallest absolute Gasteiger partial charge is 0.299 e. The van der Waals surface area contributed by atoms with E-state index in [-0.39, 0.29) is 15.9 Å². The van der Waals surface area contributed by atoms with Crippen LogP contribution in [0.4, 0.5) is 5.69 Å². The number of rotatable bonds is 4. The van der Waals surface area contributed by atoms with Crippen LogP contribution in [0, 0.1) is 10.1 Å². The van der Waals surface area contributed by atoms with Crippen LogP contribution in [-0.4, -0.2) is 28.8 Å². The van der Waals surface area contributed by atoms with Crippen molar-refractivity contribution >= 4 is 34.5 Å². The highest BCUT2D eigenvalue weighted by molar-refractivity contribution is 7.18. The largest absolute Gasteiger partial charge is 0.339 e. The van der Waals surface area contributed by atoms with E-state index >= 15 is 0 Å². The average molecular weight is 263 g/mol. The summed E-state index contributed by atoms with van der Waals surface area (Å²) in [5.74, 6) is -0.218. The van der Waals surface area contributed by atoms with E-state index < -0.39 is 4.92 Å². The van der Waals surface area contributed by atoms with E-state index in [9.17, 15) is 14.9 Å². The fourth-order valence-corrected chi connectivity index (χ4v) is 2.45. The first-order valence-electron chi connectivity index (χ1n) is 4.74. The Bertz CT molecular complexity index is 415. The molecule has 16 heavy (non-hydrogen) atoms. The van der Waals surface area contributed by atoms with Crippen molar-refractivity contribution in [2.45, 2.75) is 13.8 Å². The summed E-state index contributed by atoms with van der Waals surface area (Å²) in [5, 5.41) is 10.6. The van der Waals surface area contributed by atoms with Gasteiger partial charge in [-0.05, 0) is 13.8 Å². The number of thiophene rings is 1. The molecule has 0 saturated carbocycles. The Morgan fingerprint density at radius 2 is 2.12 bits per heavy atom. The van der Waals surface area contributed by atoms with Gasteiger partial charge in [-0.25, -0.2) is 0 Å². The fourth-order valence-electron chi connectivity index (χ4n) is 1.26. The lowest BCUT2D eigenvalue weighted by Crippen LogP contribution is -2.29. The van der Waals surface area contributed by atoms with E-state index in [0.717, 1.165) is 11.3 Å². The summed E-state index contributed by atoms with van der Waals surface area (Å²) in [4.78, 5) is 23.7. The molecule has 0 spiro atoms. The standard InChI is InChI=1S/C9H11ClN2O3S/c1-3-11(4-2)9(13)7-5-6(12(14)15)8(10)16-7/h5H,3-4H2,1-2H3. The van der Waals surface area contributed by atoms with Crippen LogP contribution in [0.3, 0.4) is 0 Å². The van der Waals surface area contributed by atoms with E-state index in [4.69, 9.17) is 11.6 Å². The minimum atomic E-state index is -0.585. The number of carbonyl (C=O) groups is 1. The van der Waals surface area contributed by atoms with Crippen molar-refractivity contribution < 1.29 is 9.72 Å². The zero-order valence-electron chi connectivity index (χ0n) is 8.90. The first-order chi connectivity index (χ1) is 7.51. The van der Waals surface area contributed by atoms with E-state index in [1.54, 1.807) is 4.90 Å². The van der Waals surface area contributed by atoms with Gasteiger partial charge in [-0.3, -0.25) is 14.9 Å². The zero-order chi connectivity index (χ0) is 12.3. The predicted molar refractivity (Wildman–Crippen MR) is 63.2 cm³/mol. The molecule has 0 aliphatic heterocycles. The summed E-state index contributed by atoms with van der Waals surface area (Å²) in [6, 6.07) is 1.23. The molecule has 0 fully saturated rings. The van der Waals surface area contributed by atoms with Gasteiger partial charge in [0.25, 0.3) is 11.6 Å². The average Bonchev–Trinajstić information content (AvgIpc) is 2.62. The molecule has 1 aromatic heterocycles. The van der Waals surface area contributed by atoms with Gasteiger partial charge in [0.15, 0.2) is 4.34 Å². The Morgan fingerprint density at radius 1 is 1.56 bits per heavy atom. The zero-order valence-corrected chi connectivity index (χ0v) is 10.5. The molecule has 1 amide bonds. The van der Waals surface area contributed by atoms with Gasteiger partial charge in [0.05, 0.1) is 4.92 Å². The summed E-state index contributed by atoms with van der Waals surface area (Å²) in [7, 11) is 0. The third-order valence-corrected chi connectivity index (χ3v) is 3.45. The lowest BCUT2D eigenvalue weighted by molar-refractivity contribution is -0.384. The van der Waals surface area contributed by atoms with E-state index in [1.807, 2.05) is 13.8 Å². The monoisotopic (exact) mass is 262 g/mol. The summed E-state index contributed by atoms with van der Waals surface area (Å²) in [6.45, 7) is 4.84. The van der Waals surface area contributed by atoms with E-state index in [1.165, 1.54) is 6.07 Å². The van der Waals surface area contributed by atoms with Gasteiger partial charge in [0.1, 0.15) is 4.88 Å². The second kappa shape index (κ2) is 5.27. The van der Waals surface area contributed by atoms with Crippen molar-refractivity contribution in [1.82, 2.24) is 4.90 Å². The second-order valence-corrected chi connectivity index (χ2v) is 4.66. The SMILES string of the molecule is CCN(CC)C(=O)c1cc([N+](=O)[O-])c(Cl)s1. The number of halogens is 1. The van der Waals surface area contributed by atoms with Crippen LogP contribution in [-0.2, 0) is 0 Å². The van der Waals surface area contributed by atoms with Gasteiger partial charge in [-0.15, -0.1) is 11.3 Å². The molecule has 7 heteroatoms. The first-order valence-corrected chi connectivity index (χ1v) is 5.93. The molecule has 0 aromatic carbocycles. The Labute approximate surface area is 102 Å². The Morgan fingerprint density at radius 3 is 2.50 bits per heavy atom. The molecule has 5 nitrogen and oxygen atoms in total. The van der Waals surface area contributed by atoms with Crippen molar-refractivity contribution in [1.29, 1.82) is 0 Å². The number of nitro groups is 1. The van der Waals surface area contributed by atoms with Crippen LogP contribution in [0.5, 0.6) is 0 Å². The predicted octanol–water partition coefficient (Wildman–Crippen LogP) is 2.79. The van der Waals surface area contributed by atoms with Crippen LogP contribution in [0.2, 0.25) is 4.34 Å². The van der Waals surface area contributed by atoms with Crippen LogP contribution in [0.15, 0.2) is 6.07 Å². The van der Waals surface area contributed by atoms with Gasteiger partial charge in [-0.2, -0.15) is 0 Å². The Hall–Kier alpha value is -1.14. The van der Waals surface area contributed by atoms with Crippen molar-refractivity contribution in [2.24, 2.45) is 0 Å². The van der Waals surface area contributed by atoms with Crippen LogP contribution >= 0.6 is 22.9 Å². The van der Waals surface area contributed by atoms with E-state index in [2.05, 4.69) is 0 Å². The molecule has 0 bridgehead atoms. The quantitative estimate of drug-likeness (QED) is 0.619. The van der Waals surface area contributed by atoms with Crippen LogP contribution in [0.1, 0.15) is 23.5 Å². The molecular weight excluding hydrogens is 252 g/mol. The third-order valence-electron chi connectivity index (χ3n) is 2.13. The second-order valence-electron chi connectivity index (χ2n) is 3.00. The summed E-state index contributed by atoms with van der Waals surface area (Å²) in [6.07, 6.45) is 0. The highest BCUT2D eigenvalue weighted by Gasteiger charge is 2.23. The number of carbonyl (C=O) groups excluding carboxylic acids is 1. The molecule has 0 N–H and O–H groups in total. The summed E-state index contributed by atoms with van der Waals surface area (Å²) < 4.78 is 0.0421.